The van der Waals surface area contributed by atoms with Gasteiger partial charge in [-0.3, -0.25) is 9.59 Å². The van der Waals surface area contributed by atoms with Gasteiger partial charge >= 0.3 is 0 Å². The van der Waals surface area contributed by atoms with E-state index >= 15 is 0 Å². The van der Waals surface area contributed by atoms with Crippen LogP contribution in [0.2, 0.25) is 0 Å². The molecular formula is C17H19NO4S. The maximum Gasteiger partial charge on any atom is 0.287 e. The molecule has 23 heavy (non-hydrogen) atoms. The van der Waals surface area contributed by atoms with Gasteiger partial charge in [0.25, 0.3) is 5.91 Å². The number of carbonyl (C=O) groups is 1. The first-order valence-electron chi connectivity index (χ1n) is 7.74. The minimum absolute atomic E-state index is 0.0600. The van der Waals surface area contributed by atoms with Gasteiger partial charge < -0.3 is 14.5 Å². The lowest BCUT2D eigenvalue weighted by molar-refractivity contribution is 0.0928. The van der Waals surface area contributed by atoms with Crippen LogP contribution in [0.5, 0.6) is 0 Å². The maximum absolute atomic E-state index is 12.1. The Bertz CT molecular complexity index is 737. The Morgan fingerprint density at radius 2 is 2.04 bits per heavy atom. The monoisotopic (exact) mass is 333 g/mol. The van der Waals surface area contributed by atoms with E-state index in [1.54, 1.807) is 24.3 Å². The van der Waals surface area contributed by atoms with Crippen LogP contribution in [-0.2, 0) is 4.74 Å². The average molecular weight is 333 g/mol. The summed E-state index contributed by atoms with van der Waals surface area (Å²) in [6.07, 6.45) is 2.14. The number of carbonyl (C=O) groups excluding carboxylic acids is 1. The molecule has 1 amide bonds. The molecule has 0 saturated carbocycles. The predicted molar refractivity (Wildman–Crippen MR) is 91.1 cm³/mol. The number of benzene rings is 1. The summed E-state index contributed by atoms with van der Waals surface area (Å²) in [6.45, 7) is 2.20. The van der Waals surface area contributed by atoms with E-state index in [2.05, 4.69) is 5.32 Å². The standard InChI is InChI=1S/C17H19NO4S/c19-14-11-16(22-15-4-2-1-3-13(14)15)17(20)18-7-10-23-12-5-8-21-9-6-12/h1-4,11-12H,5-10H2,(H,18,20). The number of ether oxygens (including phenoxy) is 1. The second-order valence-electron chi connectivity index (χ2n) is 5.41. The van der Waals surface area contributed by atoms with Gasteiger partial charge in [0.15, 0.2) is 11.2 Å². The molecule has 5 nitrogen and oxygen atoms in total. The molecule has 1 fully saturated rings. The number of fused-ring (bicyclic) bond motifs is 1. The molecule has 1 aromatic carbocycles. The van der Waals surface area contributed by atoms with Crippen LogP contribution in [0, 0.1) is 0 Å². The molecule has 1 saturated heterocycles. The molecule has 122 valence electrons. The van der Waals surface area contributed by atoms with Gasteiger partial charge in [-0.25, -0.2) is 0 Å². The molecule has 0 unspecified atom stereocenters. The first-order chi connectivity index (χ1) is 11.2. The Morgan fingerprint density at radius 1 is 1.26 bits per heavy atom. The lowest BCUT2D eigenvalue weighted by Gasteiger charge is -2.21. The summed E-state index contributed by atoms with van der Waals surface area (Å²) < 4.78 is 10.8. The number of nitrogens with one attached hydrogen (secondary N) is 1. The molecule has 2 aromatic rings. The Hall–Kier alpha value is -1.79. The topological polar surface area (TPSA) is 68.5 Å². The van der Waals surface area contributed by atoms with E-state index in [9.17, 15) is 9.59 Å². The summed E-state index contributed by atoms with van der Waals surface area (Å²) in [5, 5.41) is 3.90. The molecule has 1 N–H and O–H groups in total. The number of hydrogen-bond donors (Lipinski definition) is 1. The van der Waals surface area contributed by atoms with Crippen LogP contribution in [0.25, 0.3) is 11.0 Å². The highest BCUT2D eigenvalue weighted by atomic mass is 32.2. The Kier molecular flexibility index (Phi) is 5.35. The number of thioether (sulfide) groups is 1. The molecule has 1 aliphatic rings. The minimum atomic E-state index is -0.347. The largest absolute Gasteiger partial charge is 0.451 e. The van der Waals surface area contributed by atoms with Crippen LogP contribution in [-0.4, -0.2) is 36.7 Å². The average Bonchev–Trinajstić information content (AvgIpc) is 2.59. The Balaban J connectivity index is 1.55. The van der Waals surface area contributed by atoms with Crippen LogP contribution >= 0.6 is 11.8 Å². The van der Waals surface area contributed by atoms with Crippen molar-refractivity contribution in [3.05, 3.63) is 46.3 Å². The Labute approximate surface area is 138 Å². The van der Waals surface area contributed by atoms with Gasteiger partial charge in [-0.2, -0.15) is 11.8 Å². The predicted octanol–water partition coefficient (Wildman–Crippen LogP) is 2.44. The summed E-state index contributed by atoms with van der Waals surface area (Å²) in [5.74, 6) is 0.555. The lowest BCUT2D eigenvalue weighted by Crippen LogP contribution is -2.27. The summed E-state index contributed by atoms with van der Waals surface area (Å²) in [4.78, 5) is 24.1. The number of rotatable bonds is 5. The molecule has 1 aliphatic heterocycles. The second-order valence-corrected chi connectivity index (χ2v) is 6.82. The fourth-order valence-electron chi connectivity index (χ4n) is 2.54. The van der Waals surface area contributed by atoms with Crippen molar-refractivity contribution in [1.29, 1.82) is 0 Å². The van der Waals surface area contributed by atoms with Gasteiger partial charge in [0.2, 0.25) is 0 Å². The van der Waals surface area contributed by atoms with Gasteiger partial charge in [0.1, 0.15) is 5.58 Å². The Morgan fingerprint density at radius 3 is 2.87 bits per heavy atom. The van der Waals surface area contributed by atoms with Crippen LogP contribution in [0.15, 0.2) is 39.5 Å². The number of para-hydroxylation sites is 1. The van der Waals surface area contributed by atoms with Crippen LogP contribution in [0.4, 0.5) is 0 Å². The van der Waals surface area contributed by atoms with E-state index in [0.29, 0.717) is 22.8 Å². The molecule has 0 atom stereocenters. The highest BCUT2D eigenvalue weighted by Crippen LogP contribution is 2.21. The highest BCUT2D eigenvalue weighted by Gasteiger charge is 2.15. The fourth-order valence-corrected chi connectivity index (χ4v) is 3.61. The maximum atomic E-state index is 12.1. The summed E-state index contributed by atoms with van der Waals surface area (Å²) >= 11 is 1.85. The smallest absolute Gasteiger partial charge is 0.287 e. The third-order valence-electron chi connectivity index (χ3n) is 3.77. The third-order valence-corrected chi connectivity index (χ3v) is 5.15. The van der Waals surface area contributed by atoms with Crippen molar-refractivity contribution in [3.8, 4) is 0 Å². The van der Waals surface area contributed by atoms with Gasteiger partial charge in [-0.15, -0.1) is 0 Å². The van der Waals surface area contributed by atoms with E-state index in [-0.39, 0.29) is 17.1 Å². The van der Waals surface area contributed by atoms with E-state index < -0.39 is 0 Å². The van der Waals surface area contributed by atoms with E-state index in [1.807, 2.05) is 11.8 Å². The van der Waals surface area contributed by atoms with Crippen molar-refractivity contribution in [2.75, 3.05) is 25.5 Å². The van der Waals surface area contributed by atoms with E-state index in [4.69, 9.17) is 9.15 Å². The van der Waals surface area contributed by atoms with E-state index in [0.717, 1.165) is 31.8 Å². The molecule has 6 heteroatoms. The molecular weight excluding hydrogens is 314 g/mol. The van der Waals surface area contributed by atoms with Crippen LogP contribution in [0.1, 0.15) is 23.4 Å². The summed E-state index contributed by atoms with van der Waals surface area (Å²) in [5.41, 5.74) is 0.232. The summed E-state index contributed by atoms with van der Waals surface area (Å²) in [6, 6.07) is 8.18. The first kappa shape index (κ1) is 16.1. The molecule has 2 heterocycles. The molecule has 0 aliphatic carbocycles. The normalized spacial score (nSPS) is 15.7. The highest BCUT2D eigenvalue weighted by molar-refractivity contribution is 7.99. The van der Waals surface area contributed by atoms with Crippen molar-refractivity contribution in [2.24, 2.45) is 0 Å². The molecule has 0 radical (unpaired) electrons. The van der Waals surface area contributed by atoms with Gasteiger partial charge in [-0.1, -0.05) is 12.1 Å². The SMILES string of the molecule is O=C(NCCSC1CCOCC1)c1cc(=O)c2ccccc2o1. The van der Waals surface area contributed by atoms with Crippen molar-refractivity contribution in [1.82, 2.24) is 5.32 Å². The van der Waals surface area contributed by atoms with Gasteiger partial charge in [0.05, 0.1) is 5.39 Å². The minimum Gasteiger partial charge on any atom is -0.451 e. The number of amides is 1. The van der Waals surface area contributed by atoms with Crippen molar-refractivity contribution in [2.45, 2.75) is 18.1 Å². The number of hydrogen-bond acceptors (Lipinski definition) is 5. The van der Waals surface area contributed by atoms with Crippen molar-refractivity contribution >= 4 is 28.6 Å². The molecule has 3 rings (SSSR count). The van der Waals surface area contributed by atoms with Crippen molar-refractivity contribution in [3.63, 3.8) is 0 Å². The molecule has 0 bridgehead atoms. The fraction of sp³-hybridized carbons (Fsp3) is 0.412. The van der Waals surface area contributed by atoms with Gasteiger partial charge in [0, 0.05) is 36.8 Å². The van der Waals surface area contributed by atoms with Gasteiger partial charge in [-0.05, 0) is 25.0 Å². The summed E-state index contributed by atoms with van der Waals surface area (Å²) in [7, 11) is 0. The quantitative estimate of drug-likeness (QED) is 0.851. The van der Waals surface area contributed by atoms with Crippen LogP contribution < -0.4 is 10.7 Å². The molecule has 0 spiro atoms. The first-order valence-corrected chi connectivity index (χ1v) is 8.79. The van der Waals surface area contributed by atoms with E-state index in [1.165, 1.54) is 6.07 Å². The second kappa shape index (κ2) is 7.66. The molecule has 1 aromatic heterocycles. The van der Waals surface area contributed by atoms with Crippen LogP contribution in [0.3, 0.4) is 0 Å². The zero-order valence-corrected chi connectivity index (χ0v) is 13.6. The lowest BCUT2D eigenvalue weighted by atomic mass is 10.2. The third kappa shape index (κ3) is 4.14. The van der Waals surface area contributed by atoms with Crippen molar-refractivity contribution < 1.29 is 13.9 Å². The zero-order chi connectivity index (χ0) is 16.1. The zero-order valence-electron chi connectivity index (χ0n) is 12.7.